The lowest BCUT2D eigenvalue weighted by molar-refractivity contribution is 0.275. The van der Waals surface area contributed by atoms with Gasteiger partial charge in [-0.15, -0.1) is 0 Å². The summed E-state index contributed by atoms with van der Waals surface area (Å²) in [6, 6.07) is 4.18. The third kappa shape index (κ3) is 4.91. The van der Waals surface area contributed by atoms with E-state index in [-0.39, 0.29) is 28.2 Å². The van der Waals surface area contributed by atoms with Crippen LogP contribution in [0.3, 0.4) is 0 Å². The number of benzene rings is 1. The van der Waals surface area contributed by atoms with Gasteiger partial charge in [0.1, 0.15) is 11.3 Å². The Morgan fingerprint density at radius 1 is 1.00 bits per heavy atom. The summed E-state index contributed by atoms with van der Waals surface area (Å²) in [5.74, 6) is -0.478. The molecule has 0 amide bonds. The van der Waals surface area contributed by atoms with Crippen molar-refractivity contribution in [3.05, 3.63) is 28.6 Å². The average molecular weight is 334 g/mol. The number of phenolic OH excluding ortho intramolecular Hbond substituents is 1. The summed E-state index contributed by atoms with van der Waals surface area (Å²) in [7, 11) is 0. The molecule has 2 rings (SSSR count). The maximum absolute atomic E-state index is 11.9. The molecule has 0 bridgehead atoms. The summed E-state index contributed by atoms with van der Waals surface area (Å²) < 4.78 is 10.5. The van der Waals surface area contributed by atoms with Gasteiger partial charge in [-0.05, 0) is 24.6 Å². The van der Waals surface area contributed by atoms with Crippen LogP contribution in [0.15, 0.2) is 27.4 Å². The topological polar surface area (TPSA) is 79.9 Å². The molecule has 24 heavy (non-hydrogen) atoms. The third-order valence-corrected chi connectivity index (χ3v) is 4.07. The summed E-state index contributed by atoms with van der Waals surface area (Å²) in [6.07, 6.45) is 9.36. The largest absolute Gasteiger partial charge is 0.508 e. The van der Waals surface area contributed by atoms with Gasteiger partial charge in [-0.25, -0.2) is 4.79 Å². The number of rotatable bonds is 10. The van der Waals surface area contributed by atoms with Gasteiger partial charge < -0.3 is 19.4 Å². The summed E-state index contributed by atoms with van der Waals surface area (Å²) in [6.45, 7) is 2.56. The van der Waals surface area contributed by atoms with E-state index in [4.69, 9.17) is 9.15 Å². The van der Waals surface area contributed by atoms with Crippen molar-refractivity contribution in [2.45, 2.75) is 58.3 Å². The standard InChI is InChI=1S/C19H26O5/c1-2-3-4-5-6-7-8-9-12-23-18-17(21)15-13-14(20)10-11-16(15)24-19(18)22/h10-11,13,20-21H,2-9,12H2,1H3. The van der Waals surface area contributed by atoms with Crippen molar-refractivity contribution >= 4 is 11.0 Å². The second-order valence-corrected chi connectivity index (χ2v) is 6.07. The zero-order chi connectivity index (χ0) is 17.4. The predicted molar refractivity (Wildman–Crippen MR) is 93.9 cm³/mol. The van der Waals surface area contributed by atoms with E-state index >= 15 is 0 Å². The fourth-order valence-electron chi connectivity index (χ4n) is 2.69. The lowest BCUT2D eigenvalue weighted by Gasteiger charge is -2.08. The number of hydrogen-bond acceptors (Lipinski definition) is 5. The second kappa shape index (κ2) is 9.21. The third-order valence-electron chi connectivity index (χ3n) is 4.07. The van der Waals surface area contributed by atoms with E-state index in [1.54, 1.807) is 0 Å². The second-order valence-electron chi connectivity index (χ2n) is 6.07. The maximum Gasteiger partial charge on any atom is 0.383 e. The number of hydrogen-bond donors (Lipinski definition) is 2. The van der Waals surface area contributed by atoms with Crippen LogP contribution in [0.4, 0.5) is 0 Å². The molecular weight excluding hydrogens is 308 g/mol. The van der Waals surface area contributed by atoms with E-state index in [1.807, 2.05) is 0 Å². The fraction of sp³-hybridized carbons (Fsp3) is 0.526. The molecular formula is C19H26O5. The van der Waals surface area contributed by atoms with Crippen LogP contribution in [0.2, 0.25) is 0 Å². The van der Waals surface area contributed by atoms with Gasteiger partial charge in [0, 0.05) is 0 Å². The fourth-order valence-corrected chi connectivity index (χ4v) is 2.69. The highest BCUT2D eigenvalue weighted by molar-refractivity contribution is 5.86. The molecule has 5 nitrogen and oxygen atoms in total. The van der Waals surface area contributed by atoms with E-state index in [0.29, 0.717) is 6.61 Å². The Morgan fingerprint density at radius 2 is 1.67 bits per heavy atom. The van der Waals surface area contributed by atoms with Crippen molar-refractivity contribution in [3.8, 4) is 17.2 Å². The molecule has 2 aromatic rings. The molecule has 0 unspecified atom stereocenters. The van der Waals surface area contributed by atoms with E-state index < -0.39 is 5.63 Å². The Morgan fingerprint density at radius 3 is 2.38 bits per heavy atom. The minimum absolute atomic E-state index is 0.0133. The zero-order valence-corrected chi connectivity index (χ0v) is 14.2. The van der Waals surface area contributed by atoms with Gasteiger partial charge in [0.15, 0.2) is 5.75 Å². The number of aromatic hydroxyl groups is 2. The van der Waals surface area contributed by atoms with E-state index in [2.05, 4.69) is 6.92 Å². The highest BCUT2D eigenvalue weighted by Crippen LogP contribution is 2.33. The Labute approximate surface area is 141 Å². The van der Waals surface area contributed by atoms with Crippen LogP contribution in [0.5, 0.6) is 17.2 Å². The summed E-state index contributed by atoms with van der Waals surface area (Å²) >= 11 is 0. The van der Waals surface area contributed by atoms with E-state index in [1.165, 1.54) is 50.3 Å². The molecule has 0 spiro atoms. The van der Waals surface area contributed by atoms with Crippen molar-refractivity contribution in [1.29, 1.82) is 0 Å². The quantitative estimate of drug-likeness (QED) is 0.485. The first-order valence-corrected chi connectivity index (χ1v) is 8.75. The minimum Gasteiger partial charge on any atom is -0.508 e. The summed E-state index contributed by atoms with van der Waals surface area (Å²) in [4.78, 5) is 11.9. The number of unbranched alkanes of at least 4 members (excludes halogenated alkanes) is 7. The highest BCUT2D eigenvalue weighted by atomic mass is 16.5. The smallest absolute Gasteiger partial charge is 0.383 e. The summed E-state index contributed by atoms with van der Waals surface area (Å²) in [5, 5.41) is 19.9. The van der Waals surface area contributed by atoms with Crippen molar-refractivity contribution in [3.63, 3.8) is 0 Å². The van der Waals surface area contributed by atoms with Crippen LogP contribution in [0.1, 0.15) is 58.3 Å². The molecule has 0 saturated carbocycles. The number of fused-ring (bicyclic) bond motifs is 1. The SMILES string of the molecule is CCCCCCCCCCOc1c(O)c2cc(O)ccc2oc1=O. The van der Waals surface area contributed by atoms with Gasteiger partial charge in [0.2, 0.25) is 5.75 Å². The maximum atomic E-state index is 11.9. The Hall–Kier alpha value is -2.17. The van der Waals surface area contributed by atoms with Gasteiger partial charge in [-0.2, -0.15) is 0 Å². The van der Waals surface area contributed by atoms with Crippen LogP contribution in [0, 0.1) is 0 Å². The van der Waals surface area contributed by atoms with Crippen LogP contribution in [-0.4, -0.2) is 16.8 Å². The van der Waals surface area contributed by atoms with Crippen LogP contribution in [0.25, 0.3) is 11.0 Å². The molecule has 0 atom stereocenters. The van der Waals surface area contributed by atoms with Gasteiger partial charge >= 0.3 is 5.63 Å². The molecule has 5 heteroatoms. The lowest BCUT2D eigenvalue weighted by atomic mass is 10.1. The Kier molecular flexibility index (Phi) is 6.97. The number of ether oxygens (including phenoxy) is 1. The molecule has 0 aliphatic rings. The van der Waals surface area contributed by atoms with Crippen molar-refractivity contribution in [2.24, 2.45) is 0 Å². The lowest BCUT2D eigenvalue weighted by Crippen LogP contribution is -2.08. The molecule has 0 radical (unpaired) electrons. The molecule has 0 aliphatic heterocycles. The monoisotopic (exact) mass is 334 g/mol. The van der Waals surface area contributed by atoms with Crippen molar-refractivity contribution < 1.29 is 19.4 Å². The molecule has 1 aromatic heterocycles. The van der Waals surface area contributed by atoms with Crippen molar-refractivity contribution in [1.82, 2.24) is 0 Å². The summed E-state index contributed by atoms with van der Waals surface area (Å²) in [5.41, 5.74) is -0.486. The van der Waals surface area contributed by atoms with Crippen LogP contribution >= 0.6 is 0 Å². The first-order valence-electron chi connectivity index (χ1n) is 8.75. The predicted octanol–water partition coefficient (Wildman–Crippen LogP) is 4.72. The molecule has 0 aliphatic carbocycles. The van der Waals surface area contributed by atoms with Gasteiger partial charge in [0.25, 0.3) is 0 Å². The molecule has 0 fully saturated rings. The molecule has 0 saturated heterocycles. The van der Waals surface area contributed by atoms with E-state index in [0.717, 1.165) is 19.3 Å². The van der Waals surface area contributed by atoms with Crippen molar-refractivity contribution in [2.75, 3.05) is 6.61 Å². The van der Waals surface area contributed by atoms with Crippen LogP contribution in [-0.2, 0) is 0 Å². The average Bonchev–Trinajstić information content (AvgIpc) is 2.56. The highest BCUT2D eigenvalue weighted by Gasteiger charge is 2.15. The molecule has 1 aromatic carbocycles. The minimum atomic E-state index is -0.703. The molecule has 1 heterocycles. The van der Waals surface area contributed by atoms with Gasteiger partial charge in [0.05, 0.1) is 12.0 Å². The Bertz CT molecular complexity index is 705. The molecule has 2 N–H and O–H groups in total. The van der Waals surface area contributed by atoms with E-state index in [9.17, 15) is 15.0 Å². The molecule has 132 valence electrons. The first kappa shape index (κ1) is 18.2. The number of phenols is 1. The Balaban J connectivity index is 1.84. The normalized spacial score (nSPS) is 11.0. The van der Waals surface area contributed by atoms with Gasteiger partial charge in [-0.3, -0.25) is 0 Å². The van der Waals surface area contributed by atoms with Gasteiger partial charge in [-0.1, -0.05) is 51.9 Å². The van der Waals surface area contributed by atoms with Crippen LogP contribution < -0.4 is 10.4 Å². The first-order chi connectivity index (χ1) is 11.6. The zero-order valence-electron chi connectivity index (χ0n) is 14.2.